The van der Waals surface area contributed by atoms with Gasteiger partial charge in [-0.1, -0.05) is 65.7 Å². The highest BCUT2D eigenvalue weighted by Gasteiger charge is 2.19. The van der Waals surface area contributed by atoms with Crippen molar-refractivity contribution < 1.29 is 0 Å². The van der Waals surface area contributed by atoms with Gasteiger partial charge in [0, 0.05) is 6.04 Å². The summed E-state index contributed by atoms with van der Waals surface area (Å²) in [6.07, 6.45) is 13.0. The van der Waals surface area contributed by atoms with E-state index < -0.39 is 0 Å². The lowest BCUT2D eigenvalue weighted by Crippen LogP contribution is -2.33. The molecule has 2 atom stereocenters. The van der Waals surface area contributed by atoms with E-state index in [0.717, 1.165) is 24.4 Å². The van der Waals surface area contributed by atoms with Gasteiger partial charge in [-0.25, -0.2) is 0 Å². The van der Waals surface area contributed by atoms with Crippen LogP contribution in [0.1, 0.15) is 78.6 Å². The number of rotatable bonds is 8. The summed E-state index contributed by atoms with van der Waals surface area (Å²) >= 11 is 0. The molecule has 0 spiro atoms. The summed E-state index contributed by atoms with van der Waals surface area (Å²) in [6.45, 7) is 8.11. The third-order valence-electron chi connectivity index (χ3n) is 4.30. The van der Waals surface area contributed by atoms with E-state index in [2.05, 4.69) is 26.1 Å². The molecule has 1 aliphatic rings. The minimum atomic E-state index is 0.782. The van der Waals surface area contributed by atoms with Crippen molar-refractivity contribution in [1.82, 2.24) is 5.32 Å². The van der Waals surface area contributed by atoms with Crippen molar-refractivity contribution in [2.45, 2.75) is 84.6 Å². The molecule has 2 unspecified atom stereocenters. The van der Waals surface area contributed by atoms with Crippen LogP contribution in [0.2, 0.25) is 0 Å². The maximum absolute atomic E-state index is 3.72. The van der Waals surface area contributed by atoms with Gasteiger partial charge in [-0.2, -0.15) is 0 Å². The standard InChI is InChI=1S/C16H33N/c1-4-9-14(3)12-16(17-5-2)13-15-10-7-6-8-11-15/h14-17H,4-13H2,1-3H3. The molecule has 0 heterocycles. The Bertz CT molecular complexity index is 172. The summed E-state index contributed by atoms with van der Waals surface area (Å²) in [5, 5.41) is 3.72. The normalized spacial score (nSPS) is 21.4. The SMILES string of the molecule is CCCC(C)CC(CC1CCCCC1)NCC. The number of hydrogen-bond donors (Lipinski definition) is 1. The van der Waals surface area contributed by atoms with E-state index in [1.165, 1.54) is 57.8 Å². The van der Waals surface area contributed by atoms with Crippen LogP contribution in [0.3, 0.4) is 0 Å². The van der Waals surface area contributed by atoms with Crippen molar-refractivity contribution in [2.24, 2.45) is 11.8 Å². The van der Waals surface area contributed by atoms with Crippen LogP contribution in [0, 0.1) is 11.8 Å². The van der Waals surface area contributed by atoms with Gasteiger partial charge in [-0.05, 0) is 31.2 Å². The van der Waals surface area contributed by atoms with Crippen LogP contribution >= 0.6 is 0 Å². The largest absolute Gasteiger partial charge is 0.314 e. The Hall–Kier alpha value is -0.0400. The first-order valence-corrected chi connectivity index (χ1v) is 7.99. The van der Waals surface area contributed by atoms with E-state index in [0.29, 0.717) is 0 Å². The van der Waals surface area contributed by atoms with Crippen LogP contribution < -0.4 is 5.32 Å². The summed E-state index contributed by atoms with van der Waals surface area (Å²) in [5.41, 5.74) is 0. The third kappa shape index (κ3) is 6.45. The highest BCUT2D eigenvalue weighted by molar-refractivity contribution is 4.76. The van der Waals surface area contributed by atoms with E-state index in [9.17, 15) is 0 Å². The van der Waals surface area contributed by atoms with E-state index in [-0.39, 0.29) is 0 Å². The molecular formula is C16H33N. The van der Waals surface area contributed by atoms with E-state index in [4.69, 9.17) is 0 Å². The Labute approximate surface area is 109 Å². The highest BCUT2D eigenvalue weighted by atomic mass is 14.9. The van der Waals surface area contributed by atoms with Crippen LogP contribution in [0.4, 0.5) is 0 Å². The molecule has 1 aliphatic carbocycles. The maximum atomic E-state index is 3.72. The lowest BCUT2D eigenvalue weighted by Gasteiger charge is -2.28. The maximum Gasteiger partial charge on any atom is 0.00721 e. The Morgan fingerprint density at radius 3 is 2.41 bits per heavy atom. The van der Waals surface area contributed by atoms with Gasteiger partial charge in [-0.3, -0.25) is 0 Å². The monoisotopic (exact) mass is 239 g/mol. The second-order valence-electron chi connectivity index (χ2n) is 6.12. The predicted molar refractivity (Wildman–Crippen MR) is 77.3 cm³/mol. The molecule has 1 heteroatoms. The first-order chi connectivity index (χ1) is 8.26. The van der Waals surface area contributed by atoms with Crippen LogP contribution in [-0.2, 0) is 0 Å². The van der Waals surface area contributed by atoms with E-state index >= 15 is 0 Å². The lowest BCUT2D eigenvalue weighted by molar-refractivity contribution is 0.273. The number of hydrogen-bond acceptors (Lipinski definition) is 1. The molecule has 0 aromatic rings. The Kier molecular flexibility index (Phi) is 7.92. The smallest absolute Gasteiger partial charge is 0.00721 e. The molecule has 0 amide bonds. The van der Waals surface area contributed by atoms with Crippen LogP contribution in [0.5, 0.6) is 0 Å². The molecule has 1 nitrogen and oxygen atoms in total. The van der Waals surface area contributed by atoms with Gasteiger partial charge in [0.25, 0.3) is 0 Å². The van der Waals surface area contributed by atoms with E-state index in [1.54, 1.807) is 0 Å². The van der Waals surface area contributed by atoms with Crippen LogP contribution in [0.15, 0.2) is 0 Å². The summed E-state index contributed by atoms with van der Waals surface area (Å²) in [5.74, 6) is 1.91. The molecule has 0 saturated heterocycles. The first kappa shape index (κ1) is 15.0. The molecule has 0 aliphatic heterocycles. The molecule has 1 fully saturated rings. The molecule has 0 radical (unpaired) electrons. The zero-order valence-corrected chi connectivity index (χ0v) is 12.3. The number of nitrogens with one attached hydrogen (secondary N) is 1. The molecule has 0 aromatic carbocycles. The Balaban J connectivity index is 2.30. The zero-order chi connectivity index (χ0) is 12.5. The summed E-state index contributed by atoms with van der Waals surface area (Å²) in [7, 11) is 0. The van der Waals surface area contributed by atoms with Gasteiger partial charge in [0.2, 0.25) is 0 Å². The molecule has 0 bridgehead atoms. The molecule has 1 rings (SSSR count). The fourth-order valence-electron chi connectivity index (χ4n) is 3.47. The van der Waals surface area contributed by atoms with Crippen molar-refractivity contribution in [3.63, 3.8) is 0 Å². The van der Waals surface area contributed by atoms with Gasteiger partial charge in [0.15, 0.2) is 0 Å². The fraction of sp³-hybridized carbons (Fsp3) is 1.00. The van der Waals surface area contributed by atoms with Crippen molar-refractivity contribution in [3.8, 4) is 0 Å². The summed E-state index contributed by atoms with van der Waals surface area (Å²) < 4.78 is 0. The molecule has 17 heavy (non-hydrogen) atoms. The molecular weight excluding hydrogens is 206 g/mol. The van der Waals surface area contributed by atoms with E-state index in [1.807, 2.05) is 0 Å². The Morgan fingerprint density at radius 1 is 1.12 bits per heavy atom. The van der Waals surface area contributed by atoms with Crippen molar-refractivity contribution in [3.05, 3.63) is 0 Å². The summed E-state index contributed by atoms with van der Waals surface area (Å²) in [4.78, 5) is 0. The van der Waals surface area contributed by atoms with Gasteiger partial charge >= 0.3 is 0 Å². The predicted octanol–water partition coefficient (Wildman–Crippen LogP) is 4.76. The first-order valence-electron chi connectivity index (χ1n) is 7.99. The van der Waals surface area contributed by atoms with Gasteiger partial charge in [0.05, 0.1) is 0 Å². The second-order valence-corrected chi connectivity index (χ2v) is 6.12. The molecule has 1 saturated carbocycles. The molecule has 0 aromatic heterocycles. The minimum absolute atomic E-state index is 0.782. The third-order valence-corrected chi connectivity index (χ3v) is 4.30. The highest BCUT2D eigenvalue weighted by Crippen LogP contribution is 2.29. The molecule has 1 N–H and O–H groups in total. The average molecular weight is 239 g/mol. The van der Waals surface area contributed by atoms with Crippen LogP contribution in [-0.4, -0.2) is 12.6 Å². The fourth-order valence-corrected chi connectivity index (χ4v) is 3.47. The van der Waals surface area contributed by atoms with Gasteiger partial charge in [-0.15, -0.1) is 0 Å². The second kappa shape index (κ2) is 8.97. The van der Waals surface area contributed by atoms with Gasteiger partial charge < -0.3 is 5.32 Å². The van der Waals surface area contributed by atoms with Crippen molar-refractivity contribution >= 4 is 0 Å². The topological polar surface area (TPSA) is 12.0 Å². The minimum Gasteiger partial charge on any atom is -0.314 e. The van der Waals surface area contributed by atoms with Crippen molar-refractivity contribution in [2.75, 3.05) is 6.54 Å². The summed E-state index contributed by atoms with van der Waals surface area (Å²) in [6, 6.07) is 0.782. The Morgan fingerprint density at radius 2 is 1.82 bits per heavy atom. The average Bonchev–Trinajstić information content (AvgIpc) is 2.31. The van der Waals surface area contributed by atoms with Crippen molar-refractivity contribution in [1.29, 1.82) is 0 Å². The van der Waals surface area contributed by atoms with Gasteiger partial charge in [0.1, 0.15) is 0 Å². The van der Waals surface area contributed by atoms with Crippen LogP contribution in [0.25, 0.3) is 0 Å². The zero-order valence-electron chi connectivity index (χ0n) is 12.3. The molecule has 102 valence electrons. The quantitative estimate of drug-likeness (QED) is 0.644. The lowest BCUT2D eigenvalue weighted by atomic mass is 9.82.